The maximum absolute atomic E-state index is 12.9. The van der Waals surface area contributed by atoms with Gasteiger partial charge in [-0.05, 0) is 43.0 Å². The minimum atomic E-state index is -0.274. The van der Waals surface area contributed by atoms with Gasteiger partial charge in [0.05, 0.1) is 11.3 Å². The van der Waals surface area contributed by atoms with Gasteiger partial charge in [-0.25, -0.2) is 9.07 Å². The lowest BCUT2D eigenvalue weighted by Gasteiger charge is -2.22. The fourth-order valence-electron chi connectivity index (χ4n) is 2.47. The second kappa shape index (κ2) is 6.66. The molecule has 1 saturated heterocycles. The van der Waals surface area contributed by atoms with Crippen LogP contribution in [0.15, 0.2) is 30.5 Å². The summed E-state index contributed by atoms with van der Waals surface area (Å²) >= 11 is 0. The van der Waals surface area contributed by atoms with Crippen molar-refractivity contribution >= 4 is 18.4 Å². The Balaban J connectivity index is 1.81. The molecule has 1 fully saturated rings. The molecular formula is C17H17FN2O2. The summed E-state index contributed by atoms with van der Waals surface area (Å²) in [6.07, 6.45) is 9.04. The van der Waals surface area contributed by atoms with Crippen LogP contribution in [0, 0.1) is 5.82 Å². The molecule has 3 rings (SSSR count). The smallest absolute Gasteiger partial charge is 0.153 e. The van der Waals surface area contributed by atoms with Gasteiger partial charge in [-0.1, -0.05) is 18.2 Å². The molecule has 2 heterocycles. The first-order valence-corrected chi connectivity index (χ1v) is 7.36. The molecule has 0 radical (unpaired) electrons. The number of rotatable bonds is 4. The Bertz CT molecular complexity index is 670. The van der Waals surface area contributed by atoms with Gasteiger partial charge >= 0.3 is 0 Å². The third-order valence-electron chi connectivity index (χ3n) is 3.67. The van der Waals surface area contributed by atoms with E-state index in [9.17, 15) is 9.18 Å². The summed E-state index contributed by atoms with van der Waals surface area (Å²) in [5, 5.41) is 4.44. The molecule has 0 N–H and O–H groups in total. The summed E-state index contributed by atoms with van der Waals surface area (Å²) < 4.78 is 20.3. The van der Waals surface area contributed by atoms with E-state index in [0.717, 1.165) is 37.7 Å². The maximum atomic E-state index is 12.9. The van der Waals surface area contributed by atoms with E-state index < -0.39 is 0 Å². The van der Waals surface area contributed by atoms with Crippen LogP contribution in [0.25, 0.3) is 12.2 Å². The van der Waals surface area contributed by atoms with Crippen LogP contribution in [0.1, 0.15) is 47.1 Å². The topological polar surface area (TPSA) is 44.1 Å². The summed E-state index contributed by atoms with van der Waals surface area (Å²) in [5.41, 5.74) is 1.96. The van der Waals surface area contributed by atoms with E-state index in [1.54, 1.807) is 35.2 Å². The largest absolute Gasteiger partial charge is 0.357 e. The third-order valence-corrected chi connectivity index (χ3v) is 3.67. The second-order valence-corrected chi connectivity index (χ2v) is 5.27. The van der Waals surface area contributed by atoms with Crippen LogP contribution in [0.4, 0.5) is 4.39 Å². The van der Waals surface area contributed by atoms with Gasteiger partial charge in [0.1, 0.15) is 12.0 Å². The molecule has 1 aliphatic heterocycles. The molecule has 1 aromatic carbocycles. The highest BCUT2D eigenvalue weighted by atomic mass is 19.1. The minimum absolute atomic E-state index is 0.0968. The number of aldehydes is 1. The van der Waals surface area contributed by atoms with E-state index in [1.165, 1.54) is 12.1 Å². The molecule has 0 aliphatic carbocycles. The minimum Gasteiger partial charge on any atom is -0.357 e. The average molecular weight is 300 g/mol. The first kappa shape index (κ1) is 14.7. The predicted molar refractivity (Wildman–Crippen MR) is 81.8 cm³/mol. The Morgan fingerprint density at radius 2 is 2.05 bits per heavy atom. The van der Waals surface area contributed by atoms with Crippen LogP contribution >= 0.6 is 0 Å². The van der Waals surface area contributed by atoms with E-state index >= 15 is 0 Å². The lowest BCUT2D eigenvalue weighted by Crippen LogP contribution is -2.18. The van der Waals surface area contributed by atoms with Gasteiger partial charge in [0.25, 0.3) is 0 Å². The normalized spacial score (nSPS) is 18.7. The van der Waals surface area contributed by atoms with Crippen molar-refractivity contribution in [3.63, 3.8) is 0 Å². The Morgan fingerprint density at radius 1 is 1.23 bits per heavy atom. The SMILES string of the molecule is O=Cc1cn([C@H]2CCCCO2)nc1/C=C/c1ccc(F)cc1. The average Bonchev–Trinajstić information content (AvgIpc) is 2.98. The maximum Gasteiger partial charge on any atom is 0.153 e. The molecule has 114 valence electrons. The molecule has 1 aromatic heterocycles. The quantitative estimate of drug-likeness (QED) is 0.809. The van der Waals surface area contributed by atoms with E-state index in [-0.39, 0.29) is 12.0 Å². The van der Waals surface area contributed by atoms with Crippen molar-refractivity contribution in [1.82, 2.24) is 9.78 Å². The third kappa shape index (κ3) is 3.31. The molecule has 0 amide bonds. The molecule has 1 aliphatic rings. The van der Waals surface area contributed by atoms with E-state index in [2.05, 4.69) is 5.10 Å². The van der Waals surface area contributed by atoms with E-state index in [4.69, 9.17) is 4.74 Å². The molecule has 0 unspecified atom stereocenters. The van der Waals surface area contributed by atoms with Gasteiger partial charge in [-0.15, -0.1) is 0 Å². The lowest BCUT2D eigenvalue weighted by atomic mass is 10.2. The molecule has 5 heteroatoms. The number of aromatic nitrogens is 2. The standard InChI is InChI=1S/C17H17FN2O2/c18-15-7-4-13(5-8-15)6-9-16-14(12-21)11-20(19-16)17-3-1-2-10-22-17/h4-9,11-12,17H,1-3,10H2/b9-6+/t17-/m1/s1. The summed E-state index contributed by atoms with van der Waals surface area (Å²) in [6.45, 7) is 0.724. The van der Waals surface area contributed by atoms with Crippen LogP contribution < -0.4 is 0 Å². The highest BCUT2D eigenvalue weighted by molar-refractivity contribution is 5.83. The molecule has 0 saturated carbocycles. The van der Waals surface area contributed by atoms with Gasteiger partial charge < -0.3 is 4.74 Å². The van der Waals surface area contributed by atoms with Crippen molar-refractivity contribution in [2.24, 2.45) is 0 Å². The second-order valence-electron chi connectivity index (χ2n) is 5.27. The van der Waals surface area contributed by atoms with E-state index in [1.807, 2.05) is 0 Å². The van der Waals surface area contributed by atoms with Gasteiger partial charge in [0, 0.05) is 12.8 Å². The number of halogens is 1. The Hall–Kier alpha value is -2.27. The summed E-state index contributed by atoms with van der Waals surface area (Å²) in [7, 11) is 0. The number of hydrogen-bond acceptors (Lipinski definition) is 3. The molecule has 1 atom stereocenters. The van der Waals surface area contributed by atoms with Crippen molar-refractivity contribution < 1.29 is 13.9 Å². The van der Waals surface area contributed by atoms with E-state index in [0.29, 0.717) is 11.3 Å². The number of benzene rings is 1. The number of ether oxygens (including phenoxy) is 1. The highest BCUT2D eigenvalue weighted by Crippen LogP contribution is 2.23. The van der Waals surface area contributed by atoms with Crippen molar-refractivity contribution in [1.29, 1.82) is 0 Å². The van der Waals surface area contributed by atoms with Crippen molar-refractivity contribution in [3.05, 3.63) is 53.1 Å². The van der Waals surface area contributed by atoms with Crippen molar-refractivity contribution in [2.75, 3.05) is 6.61 Å². The summed E-state index contributed by atoms with van der Waals surface area (Å²) in [4.78, 5) is 11.2. The molecule has 0 spiro atoms. The zero-order chi connectivity index (χ0) is 15.4. The first-order chi connectivity index (χ1) is 10.8. The van der Waals surface area contributed by atoms with Crippen LogP contribution in [-0.4, -0.2) is 22.7 Å². The fraction of sp³-hybridized carbons (Fsp3) is 0.294. The van der Waals surface area contributed by atoms with Crippen LogP contribution in [0.3, 0.4) is 0 Å². The van der Waals surface area contributed by atoms with Gasteiger partial charge in [0.2, 0.25) is 0 Å². The number of carbonyl (C=O) groups excluding carboxylic acids is 1. The molecule has 22 heavy (non-hydrogen) atoms. The van der Waals surface area contributed by atoms with Gasteiger partial charge in [0.15, 0.2) is 6.29 Å². The van der Waals surface area contributed by atoms with Gasteiger partial charge in [-0.3, -0.25) is 4.79 Å². The summed E-state index contributed by atoms with van der Waals surface area (Å²) in [5.74, 6) is -0.274. The van der Waals surface area contributed by atoms with Crippen LogP contribution in [0.5, 0.6) is 0 Å². The predicted octanol–water partition coefficient (Wildman–Crippen LogP) is 3.70. The first-order valence-electron chi connectivity index (χ1n) is 7.36. The number of hydrogen-bond donors (Lipinski definition) is 0. The zero-order valence-electron chi connectivity index (χ0n) is 12.1. The molecule has 2 aromatic rings. The fourth-order valence-corrected chi connectivity index (χ4v) is 2.47. The number of carbonyl (C=O) groups is 1. The molecule has 4 nitrogen and oxygen atoms in total. The monoisotopic (exact) mass is 300 g/mol. The Morgan fingerprint density at radius 3 is 2.73 bits per heavy atom. The molecule has 0 bridgehead atoms. The summed E-state index contributed by atoms with van der Waals surface area (Å²) in [6, 6.07) is 6.14. The van der Waals surface area contributed by atoms with Crippen molar-refractivity contribution in [3.8, 4) is 0 Å². The Kier molecular flexibility index (Phi) is 4.44. The zero-order valence-corrected chi connectivity index (χ0v) is 12.1. The lowest BCUT2D eigenvalue weighted by molar-refractivity contribution is -0.0395. The number of nitrogens with zero attached hydrogens (tertiary/aromatic N) is 2. The van der Waals surface area contributed by atoms with Gasteiger partial charge in [-0.2, -0.15) is 5.10 Å². The molecular weight excluding hydrogens is 283 g/mol. The van der Waals surface area contributed by atoms with Crippen LogP contribution in [-0.2, 0) is 4.74 Å². The van der Waals surface area contributed by atoms with Crippen molar-refractivity contribution in [2.45, 2.75) is 25.5 Å². The highest BCUT2D eigenvalue weighted by Gasteiger charge is 2.18. The Labute approximate surface area is 128 Å². The van der Waals surface area contributed by atoms with Crippen LogP contribution in [0.2, 0.25) is 0 Å².